The minimum absolute atomic E-state index is 0.00683. The molecule has 1 aromatic carbocycles. The topological polar surface area (TPSA) is 70.2 Å². The van der Waals surface area contributed by atoms with E-state index in [1.54, 1.807) is 0 Å². The fourth-order valence-corrected chi connectivity index (χ4v) is 3.30. The lowest BCUT2D eigenvalue weighted by atomic mass is 9.84. The van der Waals surface area contributed by atoms with Crippen LogP contribution in [0, 0.1) is 18.8 Å². The van der Waals surface area contributed by atoms with E-state index in [0.717, 1.165) is 41.7 Å². The van der Waals surface area contributed by atoms with E-state index < -0.39 is 0 Å². The largest absolute Gasteiger partial charge is 0.347 e. The van der Waals surface area contributed by atoms with Crippen LogP contribution in [0.15, 0.2) is 22.7 Å². The Bertz CT molecular complexity index is 586. The van der Waals surface area contributed by atoms with Gasteiger partial charge in [0.1, 0.15) is 0 Å². The second-order valence-corrected chi connectivity index (χ2v) is 7.41. The van der Waals surface area contributed by atoms with E-state index in [2.05, 4.69) is 38.8 Å². The Morgan fingerprint density at radius 3 is 2.67 bits per heavy atom. The van der Waals surface area contributed by atoms with Gasteiger partial charge in [0, 0.05) is 16.6 Å². The number of halogens is 1. The van der Waals surface area contributed by atoms with Gasteiger partial charge in [0.25, 0.3) is 0 Å². The smallest absolute Gasteiger partial charge is 0.243 e. The number of anilines is 1. The Balaban J connectivity index is 1.72. The van der Waals surface area contributed by atoms with Crippen molar-refractivity contribution in [1.82, 2.24) is 10.6 Å². The summed E-state index contributed by atoms with van der Waals surface area (Å²) in [5, 5.41) is 8.86. The number of hydrogen-bond donors (Lipinski definition) is 3. The van der Waals surface area contributed by atoms with E-state index in [9.17, 15) is 9.59 Å². The fraction of sp³-hybridized carbons (Fsp3) is 0.556. The summed E-state index contributed by atoms with van der Waals surface area (Å²) in [7, 11) is 0. The maximum Gasteiger partial charge on any atom is 0.243 e. The summed E-state index contributed by atoms with van der Waals surface area (Å²) in [5.41, 5.74) is 1.78. The van der Waals surface area contributed by atoms with E-state index in [4.69, 9.17) is 0 Å². The number of benzene rings is 1. The van der Waals surface area contributed by atoms with Crippen LogP contribution in [0.1, 0.15) is 31.7 Å². The molecule has 1 aliphatic rings. The van der Waals surface area contributed by atoms with Crippen LogP contribution in [0.25, 0.3) is 0 Å². The van der Waals surface area contributed by atoms with Crippen molar-refractivity contribution in [2.45, 2.75) is 33.1 Å². The van der Waals surface area contributed by atoms with Gasteiger partial charge >= 0.3 is 0 Å². The average Bonchev–Trinajstić information content (AvgIpc) is 2.57. The van der Waals surface area contributed by atoms with Crippen molar-refractivity contribution < 1.29 is 9.59 Å². The highest BCUT2D eigenvalue weighted by molar-refractivity contribution is 9.10. The minimum atomic E-state index is -0.209. The molecule has 0 aromatic heterocycles. The molecule has 0 spiro atoms. The highest BCUT2D eigenvalue weighted by atomic mass is 79.9. The Labute approximate surface area is 152 Å². The number of piperidine rings is 1. The van der Waals surface area contributed by atoms with Gasteiger partial charge in [0.2, 0.25) is 11.8 Å². The van der Waals surface area contributed by atoms with Crippen molar-refractivity contribution in [2.75, 3.05) is 25.0 Å². The Morgan fingerprint density at radius 2 is 2.00 bits per heavy atom. The number of carbonyl (C=O) groups excluding carboxylic acids is 2. The summed E-state index contributed by atoms with van der Waals surface area (Å²) in [6.45, 7) is 6.16. The molecule has 5 nitrogen and oxygen atoms in total. The van der Waals surface area contributed by atoms with E-state index in [0.29, 0.717) is 18.3 Å². The number of aryl methyl sites for hydroxylation is 1. The van der Waals surface area contributed by atoms with Crippen LogP contribution >= 0.6 is 15.9 Å². The van der Waals surface area contributed by atoms with Crippen LogP contribution in [0.2, 0.25) is 0 Å². The zero-order valence-electron chi connectivity index (χ0n) is 14.3. The van der Waals surface area contributed by atoms with Gasteiger partial charge in [-0.25, -0.2) is 0 Å². The summed E-state index contributed by atoms with van der Waals surface area (Å²) in [4.78, 5) is 24.0. The van der Waals surface area contributed by atoms with Crippen LogP contribution in [-0.4, -0.2) is 31.4 Å². The van der Waals surface area contributed by atoms with E-state index in [-0.39, 0.29) is 18.4 Å². The summed E-state index contributed by atoms with van der Waals surface area (Å²) in [6, 6.07) is 5.61. The van der Waals surface area contributed by atoms with Gasteiger partial charge in [0.15, 0.2) is 0 Å². The summed E-state index contributed by atoms with van der Waals surface area (Å²) in [6.07, 6.45) is 2.73. The maximum atomic E-state index is 12.0. The van der Waals surface area contributed by atoms with E-state index in [1.807, 2.05) is 25.1 Å². The quantitative estimate of drug-likeness (QED) is 0.693. The standard InChI is InChI=1S/C18H26BrN3O2/c1-12(14-5-7-20-8-6-14)10-17(23)21-11-18(24)22-15-3-4-16(19)13(2)9-15/h3-4,9,12,14,20H,5-8,10-11H2,1-2H3,(H,21,23)(H,22,24). The van der Waals surface area contributed by atoms with Gasteiger partial charge in [-0.2, -0.15) is 0 Å². The third-order valence-corrected chi connectivity index (χ3v) is 5.47. The molecule has 1 unspecified atom stereocenters. The molecule has 6 heteroatoms. The second-order valence-electron chi connectivity index (χ2n) is 6.56. The Morgan fingerprint density at radius 1 is 1.29 bits per heavy atom. The van der Waals surface area contributed by atoms with E-state index in [1.165, 1.54) is 0 Å². The second kappa shape index (κ2) is 9.18. The molecule has 1 saturated heterocycles. The molecule has 0 radical (unpaired) electrons. The van der Waals surface area contributed by atoms with Crippen LogP contribution < -0.4 is 16.0 Å². The van der Waals surface area contributed by atoms with Crippen LogP contribution in [-0.2, 0) is 9.59 Å². The lowest BCUT2D eigenvalue weighted by molar-refractivity contribution is -0.125. The van der Waals surface area contributed by atoms with Crippen LogP contribution in [0.3, 0.4) is 0 Å². The van der Waals surface area contributed by atoms with Gasteiger partial charge in [-0.05, 0) is 68.5 Å². The molecule has 1 aromatic rings. The third-order valence-electron chi connectivity index (χ3n) is 4.58. The molecule has 2 amide bonds. The molecule has 24 heavy (non-hydrogen) atoms. The minimum Gasteiger partial charge on any atom is -0.347 e. The summed E-state index contributed by atoms with van der Waals surface area (Å²) in [5.74, 6) is 0.684. The number of nitrogens with one attached hydrogen (secondary N) is 3. The molecule has 2 rings (SSSR count). The van der Waals surface area contributed by atoms with Gasteiger partial charge in [-0.15, -0.1) is 0 Å². The zero-order valence-corrected chi connectivity index (χ0v) is 15.9. The first-order chi connectivity index (χ1) is 11.5. The molecule has 1 aliphatic heterocycles. The first kappa shape index (κ1) is 18.9. The van der Waals surface area contributed by atoms with Crippen molar-refractivity contribution in [3.63, 3.8) is 0 Å². The van der Waals surface area contributed by atoms with Gasteiger partial charge in [-0.3, -0.25) is 9.59 Å². The van der Waals surface area contributed by atoms with Gasteiger partial charge in [-0.1, -0.05) is 22.9 Å². The van der Waals surface area contributed by atoms with Crippen molar-refractivity contribution in [3.8, 4) is 0 Å². The first-order valence-electron chi connectivity index (χ1n) is 8.49. The first-order valence-corrected chi connectivity index (χ1v) is 9.28. The lowest BCUT2D eigenvalue weighted by Crippen LogP contribution is -2.36. The molecule has 132 valence electrons. The van der Waals surface area contributed by atoms with E-state index >= 15 is 0 Å². The van der Waals surface area contributed by atoms with Gasteiger partial charge in [0.05, 0.1) is 6.54 Å². The predicted molar refractivity (Wildman–Crippen MR) is 99.9 cm³/mol. The van der Waals surface area contributed by atoms with Gasteiger partial charge < -0.3 is 16.0 Å². The average molecular weight is 396 g/mol. The summed E-state index contributed by atoms with van der Waals surface area (Å²) >= 11 is 3.43. The Hall–Kier alpha value is -1.40. The summed E-state index contributed by atoms with van der Waals surface area (Å²) < 4.78 is 1.00. The molecule has 0 aliphatic carbocycles. The monoisotopic (exact) mass is 395 g/mol. The van der Waals surface area contributed by atoms with Crippen molar-refractivity contribution in [3.05, 3.63) is 28.2 Å². The number of carbonyl (C=O) groups is 2. The number of amides is 2. The normalized spacial score (nSPS) is 16.5. The molecule has 1 atom stereocenters. The molecule has 0 bridgehead atoms. The maximum absolute atomic E-state index is 12.0. The third kappa shape index (κ3) is 5.91. The Kier molecular flexibility index (Phi) is 7.24. The zero-order chi connectivity index (χ0) is 17.5. The highest BCUT2D eigenvalue weighted by Gasteiger charge is 2.22. The highest BCUT2D eigenvalue weighted by Crippen LogP contribution is 2.24. The van der Waals surface area contributed by atoms with Crippen molar-refractivity contribution in [1.29, 1.82) is 0 Å². The molecule has 1 heterocycles. The predicted octanol–water partition coefficient (Wildman–Crippen LogP) is 2.84. The lowest BCUT2D eigenvalue weighted by Gasteiger charge is -2.27. The van der Waals surface area contributed by atoms with Crippen molar-refractivity contribution in [2.24, 2.45) is 11.8 Å². The molecule has 1 fully saturated rings. The molecule has 3 N–H and O–H groups in total. The van der Waals surface area contributed by atoms with Crippen LogP contribution in [0.5, 0.6) is 0 Å². The molecular formula is C18H26BrN3O2. The van der Waals surface area contributed by atoms with Crippen molar-refractivity contribution >= 4 is 33.4 Å². The molecule has 0 saturated carbocycles. The fourth-order valence-electron chi connectivity index (χ4n) is 3.05. The number of rotatable bonds is 6. The van der Waals surface area contributed by atoms with Crippen LogP contribution in [0.4, 0.5) is 5.69 Å². The SMILES string of the molecule is Cc1cc(NC(=O)CNC(=O)CC(C)C2CCNCC2)ccc1Br. The molecular weight excluding hydrogens is 370 g/mol. The number of hydrogen-bond acceptors (Lipinski definition) is 3.